The van der Waals surface area contributed by atoms with E-state index in [0.717, 1.165) is 10.8 Å². The maximum absolute atomic E-state index is 11.5. The van der Waals surface area contributed by atoms with Gasteiger partial charge in [0.05, 0.1) is 12.5 Å². The lowest BCUT2D eigenvalue weighted by molar-refractivity contribution is -0.277. The first kappa shape index (κ1) is 7.90. The fourth-order valence-electron chi connectivity index (χ4n) is 0.562. The number of halogens is 3. The average molecular weight is 166 g/mol. The third kappa shape index (κ3) is 2.14. The lowest BCUT2D eigenvalue weighted by Crippen LogP contribution is -2.18. The molecule has 0 unspecified atom stereocenters. The van der Waals surface area contributed by atoms with E-state index in [0.29, 0.717) is 0 Å². The minimum atomic E-state index is -4.65. The van der Waals surface area contributed by atoms with Crippen LogP contribution in [0.15, 0.2) is 12.5 Å². The van der Waals surface area contributed by atoms with E-state index >= 15 is 0 Å². The van der Waals surface area contributed by atoms with Crippen LogP contribution in [0.2, 0.25) is 0 Å². The zero-order valence-electron chi connectivity index (χ0n) is 5.59. The highest BCUT2D eigenvalue weighted by Crippen LogP contribution is 2.20. The molecule has 0 radical (unpaired) electrons. The van der Waals surface area contributed by atoms with Crippen molar-refractivity contribution in [3.05, 3.63) is 12.5 Å². The predicted molar refractivity (Wildman–Crippen MR) is 29.9 cm³/mol. The standard InChI is InChI=1S/C5H5F3N2O/c1-10-3-9-2-4(10)11-5(6,7)8/h2-3H,1H3. The highest BCUT2D eigenvalue weighted by atomic mass is 19.4. The SMILES string of the molecule is Cn1cncc1OC(F)(F)F. The van der Waals surface area contributed by atoms with Crippen molar-refractivity contribution in [1.29, 1.82) is 0 Å². The van der Waals surface area contributed by atoms with Crippen LogP contribution in [0.3, 0.4) is 0 Å². The van der Waals surface area contributed by atoms with Crippen LogP contribution in [0, 0.1) is 0 Å². The van der Waals surface area contributed by atoms with Crippen LogP contribution in [0.1, 0.15) is 0 Å². The van der Waals surface area contributed by atoms with Gasteiger partial charge < -0.3 is 9.30 Å². The summed E-state index contributed by atoms with van der Waals surface area (Å²) in [5.41, 5.74) is 0. The van der Waals surface area contributed by atoms with Gasteiger partial charge in [-0.25, -0.2) is 4.98 Å². The topological polar surface area (TPSA) is 27.1 Å². The Bertz CT molecular complexity index is 242. The van der Waals surface area contributed by atoms with Crippen molar-refractivity contribution in [3.8, 4) is 5.88 Å². The first-order valence-electron chi connectivity index (χ1n) is 2.71. The van der Waals surface area contributed by atoms with Gasteiger partial charge in [0.1, 0.15) is 0 Å². The second-order valence-electron chi connectivity index (χ2n) is 1.89. The molecular weight excluding hydrogens is 161 g/mol. The van der Waals surface area contributed by atoms with Gasteiger partial charge in [0.25, 0.3) is 0 Å². The van der Waals surface area contributed by atoms with E-state index in [1.807, 2.05) is 0 Å². The van der Waals surface area contributed by atoms with Gasteiger partial charge in [0.15, 0.2) is 0 Å². The van der Waals surface area contributed by atoms with Gasteiger partial charge in [0, 0.05) is 7.05 Å². The van der Waals surface area contributed by atoms with Crippen LogP contribution in [0.5, 0.6) is 5.88 Å². The van der Waals surface area contributed by atoms with Crippen molar-refractivity contribution in [1.82, 2.24) is 9.55 Å². The summed E-state index contributed by atoms with van der Waals surface area (Å²) in [6.45, 7) is 0. The molecule has 0 aromatic carbocycles. The Morgan fingerprint density at radius 1 is 1.55 bits per heavy atom. The monoisotopic (exact) mass is 166 g/mol. The van der Waals surface area contributed by atoms with Gasteiger partial charge in [-0.05, 0) is 0 Å². The van der Waals surface area contributed by atoms with Gasteiger partial charge >= 0.3 is 6.36 Å². The molecule has 1 aromatic rings. The zero-order valence-corrected chi connectivity index (χ0v) is 5.59. The van der Waals surface area contributed by atoms with Gasteiger partial charge in [-0.2, -0.15) is 0 Å². The fraction of sp³-hybridized carbons (Fsp3) is 0.400. The quantitative estimate of drug-likeness (QED) is 0.629. The summed E-state index contributed by atoms with van der Waals surface area (Å²) in [5, 5.41) is 0. The first-order valence-corrected chi connectivity index (χ1v) is 2.71. The number of hydrogen-bond donors (Lipinski definition) is 0. The Morgan fingerprint density at radius 2 is 2.18 bits per heavy atom. The molecule has 62 valence electrons. The Hall–Kier alpha value is -1.20. The summed E-state index contributed by atoms with van der Waals surface area (Å²) in [5.74, 6) is -0.322. The number of alkyl halides is 3. The molecule has 3 nitrogen and oxygen atoms in total. The molecule has 0 atom stereocenters. The molecule has 0 spiro atoms. The molecule has 11 heavy (non-hydrogen) atoms. The third-order valence-corrected chi connectivity index (χ3v) is 0.993. The molecule has 0 amide bonds. The van der Waals surface area contributed by atoms with Crippen molar-refractivity contribution < 1.29 is 17.9 Å². The highest BCUT2D eigenvalue weighted by Gasteiger charge is 2.32. The number of aryl methyl sites for hydroxylation is 1. The summed E-state index contributed by atoms with van der Waals surface area (Å²) < 4.78 is 39.3. The van der Waals surface area contributed by atoms with Gasteiger partial charge in [-0.1, -0.05) is 0 Å². The summed E-state index contributed by atoms with van der Waals surface area (Å²) in [4.78, 5) is 3.44. The highest BCUT2D eigenvalue weighted by molar-refractivity contribution is 5.04. The second-order valence-corrected chi connectivity index (χ2v) is 1.89. The number of ether oxygens (including phenoxy) is 1. The molecule has 0 saturated carbocycles. The Balaban J connectivity index is 2.72. The smallest absolute Gasteiger partial charge is 0.388 e. The van der Waals surface area contributed by atoms with E-state index in [2.05, 4.69) is 9.72 Å². The number of hydrogen-bond acceptors (Lipinski definition) is 2. The van der Waals surface area contributed by atoms with Gasteiger partial charge in [-0.15, -0.1) is 13.2 Å². The van der Waals surface area contributed by atoms with Crippen molar-refractivity contribution in [3.63, 3.8) is 0 Å². The van der Waals surface area contributed by atoms with Gasteiger partial charge in [0.2, 0.25) is 5.88 Å². The van der Waals surface area contributed by atoms with E-state index in [4.69, 9.17) is 0 Å². The summed E-state index contributed by atoms with van der Waals surface area (Å²) in [6.07, 6.45) is -2.43. The molecule has 0 aliphatic heterocycles. The minimum absolute atomic E-state index is 0.322. The first-order chi connectivity index (χ1) is 4.99. The van der Waals surface area contributed by atoms with E-state index in [-0.39, 0.29) is 5.88 Å². The molecule has 0 bridgehead atoms. The maximum atomic E-state index is 11.5. The molecule has 1 aromatic heterocycles. The lowest BCUT2D eigenvalue weighted by Gasteiger charge is -2.07. The summed E-state index contributed by atoms with van der Waals surface area (Å²) in [7, 11) is 1.41. The molecule has 0 fully saturated rings. The number of rotatable bonds is 1. The molecule has 0 N–H and O–H groups in total. The molecular formula is C5H5F3N2O. The number of imidazole rings is 1. The molecule has 6 heteroatoms. The van der Waals surface area contributed by atoms with Crippen molar-refractivity contribution in [2.75, 3.05) is 0 Å². The number of nitrogens with zero attached hydrogens (tertiary/aromatic N) is 2. The fourth-order valence-corrected chi connectivity index (χ4v) is 0.562. The van der Waals surface area contributed by atoms with E-state index in [1.54, 1.807) is 0 Å². The minimum Gasteiger partial charge on any atom is -0.388 e. The predicted octanol–water partition coefficient (Wildman–Crippen LogP) is 1.32. The van der Waals surface area contributed by atoms with E-state index in [1.165, 1.54) is 13.4 Å². The average Bonchev–Trinajstić information content (AvgIpc) is 2.12. The Kier molecular flexibility index (Phi) is 1.76. The van der Waals surface area contributed by atoms with Crippen LogP contribution in [-0.2, 0) is 7.05 Å². The van der Waals surface area contributed by atoms with Crippen LogP contribution in [0.25, 0.3) is 0 Å². The van der Waals surface area contributed by atoms with Crippen LogP contribution < -0.4 is 4.74 Å². The van der Waals surface area contributed by atoms with Crippen LogP contribution in [0.4, 0.5) is 13.2 Å². The molecule has 1 rings (SSSR count). The Labute approximate surface area is 60.4 Å². The van der Waals surface area contributed by atoms with Crippen LogP contribution >= 0.6 is 0 Å². The lowest BCUT2D eigenvalue weighted by atomic mass is 10.8. The van der Waals surface area contributed by atoms with Gasteiger partial charge in [-0.3, -0.25) is 0 Å². The molecule has 0 aliphatic carbocycles. The number of aromatic nitrogens is 2. The largest absolute Gasteiger partial charge is 0.574 e. The van der Waals surface area contributed by atoms with E-state index in [9.17, 15) is 13.2 Å². The second kappa shape index (κ2) is 2.44. The molecule has 1 heterocycles. The van der Waals surface area contributed by atoms with Crippen molar-refractivity contribution >= 4 is 0 Å². The Morgan fingerprint density at radius 3 is 2.55 bits per heavy atom. The summed E-state index contributed by atoms with van der Waals surface area (Å²) >= 11 is 0. The van der Waals surface area contributed by atoms with Crippen molar-refractivity contribution in [2.24, 2.45) is 7.05 Å². The van der Waals surface area contributed by atoms with E-state index < -0.39 is 6.36 Å². The van der Waals surface area contributed by atoms with Crippen LogP contribution in [-0.4, -0.2) is 15.9 Å². The molecule has 0 aliphatic rings. The zero-order chi connectivity index (χ0) is 8.48. The maximum Gasteiger partial charge on any atom is 0.574 e. The summed E-state index contributed by atoms with van der Waals surface area (Å²) in [6, 6.07) is 0. The normalized spacial score (nSPS) is 11.6. The molecule has 0 saturated heterocycles. The van der Waals surface area contributed by atoms with Crippen molar-refractivity contribution in [2.45, 2.75) is 6.36 Å². The third-order valence-electron chi connectivity index (χ3n) is 0.993.